The third-order valence-electron chi connectivity index (χ3n) is 10.6. The first-order valence-electron chi connectivity index (χ1n) is 18.5. The summed E-state index contributed by atoms with van der Waals surface area (Å²) in [5, 5.41) is 6.25. The summed E-state index contributed by atoms with van der Waals surface area (Å²) in [6, 6.07) is 60.5. The van der Waals surface area contributed by atoms with E-state index in [1.807, 2.05) is 60.7 Å². The molecule has 0 saturated heterocycles. The van der Waals surface area contributed by atoms with Crippen LogP contribution in [0.1, 0.15) is 0 Å². The highest BCUT2D eigenvalue weighted by atomic mass is 28.3. The van der Waals surface area contributed by atoms with Gasteiger partial charge in [-0.1, -0.05) is 158 Å². The lowest BCUT2D eigenvalue weighted by atomic mass is 10.0. The van der Waals surface area contributed by atoms with E-state index in [1.165, 1.54) is 32.7 Å². The fraction of sp³-hybridized carbons (Fsp3) is 0.0625. The average molecular weight is 712 g/mol. The van der Waals surface area contributed by atoms with E-state index in [-0.39, 0.29) is 0 Å². The summed E-state index contributed by atoms with van der Waals surface area (Å²) < 4.78 is 4.61. The van der Waals surface area contributed by atoms with E-state index in [2.05, 4.69) is 138 Å². The number of fused-ring (bicyclic) bond motifs is 6. The Morgan fingerprint density at radius 1 is 0.370 bits per heavy atom. The van der Waals surface area contributed by atoms with Crippen LogP contribution in [0.5, 0.6) is 0 Å². The van der Waals surface area contributed by atoms with Crippen molar-refractivity contribution in [2.24, 2.45) is 0 Å². The molecule has 10 aromatic rings. The molecule has 0 atom stereocenters. The number of hydrogen-bond acceptors (Lipinski definition) is 3. The van der Waals surface area contributed by atoms with Crippen LogP contribution in [-0.2, 0) is 0 Å². The lowest BCUT2D eigenvalue weighted by Gasteiger charge is -2.17. The topological polar surface area (TPSA) is 48.5 Å². The molecule has 7 aromatic carbocycles. The smallest absolute Gasteiger partial charge is 0.238 e. The minimum atomic E-state index is -1.43. The summed E-state index contributed by atoms with van der Waals surface area (Å²) in [6.07, 6.45) is 0. The molecule has 0 unspecified atom stereocenters. The number of rotatable bonds is 6. The molecule has 0 saturated carbocycles. The Morgan fingerprint density at radius 3 is 1.33 bits per heavy atom. The summed E-state index contributed by atoms with van der Waals surface area (Å²) in [7, 11) is -1.43. The van der Waals surface area contributed by atoms with Crippen LogP contribution >= 0.6 is 0 Å². The molecule has 0 aliphatic heterocycles. The zero-order valence-electron chi connectivity index (χ0n) is 30.4. The van der Waals surface area contributed by atoms with Gasteiger partial charge in [-0.3, -0.25) is 4.57 Å². The third kappa shape index (κ3) is 5.34. The van der Waals surface area contributed by atoms with Crippen molar-refractivity contribution in [3.63, 3.8) is 0 Å². The highest BCUT2D eigenvalue weighted by molar-refractivity contribution is 6.88. The maximum Gasteiger partial charge on any atom is 0.238 e. The molecule has 0 amide bonds. The molecule has 6 heteroatoms. The summed E-state index contributed by atoms with van der Waals surface area (Å²) in [4.78, 5) is 15.3. The van der Waals surface area contributed by atoms with Crippen molar-refractivity contribution in [3.05, 3.63) is 170 Å². The maximum absolute atomic E-state index is 5.15. The molecule has 258 valence electrons. The Hall–Kier alpha value is -6.63. The average Bonchev–Trinajstić information content (AvgIpc) is 3.73. The van der Waals surface area contributed by atoms with Gasteiger partial charge < -0.3 is 4.57 Å². The predicted octanol–water partition coefficient (Wildman–Crippen LogP) is 11.6. The SMILES string of the molecule is C[Si](C)(C)c1ccc(-n2c3ccccc3c3ccc(-c4ccc5c6ccccc6n(-c6nc(-c7ccccc7)nc(-c7ccccc7)n6)c5c4)cc32)cc1. The molecule has 0 radical (unpaired) electrons. The zero-order chi connectivity index (χ0) is 36.4. The van der Waals surface area contributed by atoms with E-state index in [0.717, 1.165) is 44.1 Å². The van der Waals surface area contributed by atoms with Crippen LogP contribution in [0.3, 0.4) is 0 Å². The van der Waals surface area contributed by atoms with Crippen LogP contribution in [0.25, 0.3) is 89.2 Å². The van der Waals surface area contributed by atoms with Crippen molar-refractivity contribution < 1.29 is 0 Å². The van der Waals surface area contributed by atoms with E-state index in [9.17, 15) is 0 Å². The number of hydrogen-bond donors (Lipinski definition) is 0. The van der Waals surface area contributed by atoms with E-state index in [0.29, 0.717) is 17.6 Å². The second-order valence-electron chi connectivity index (χ2n) is 15.0. The van der Waals surface area contributed by atoms with Crippen molar-refractivity contribution in [3.8, 4) is 45.5 Å². The Morgan fingerprint density at radius 2 is 0.815 bits per heavy atom. The van der Waals surface area contributed by atoms with E-state index < -0.39 is 8.07 Å². The highest BCUT2D eigenvalue weighted by Crippen LogP contribution is 2.38. The largest absolute Gasteiger partial charge is 0.309 e. The molecule has 0 spiro atoms. The molecule has 54 heavy (non-hydrogen) atoms. The molecule has 0 fully saturated rings. The molecule has 10 rings (SSSR count). The Kier molecular flexibility index (Phi) is 7.42. The lowest BCUT2D eigenvalue weighted by molar-refractivity contribution is 0.953. The molecule has 5 nitrogen and oxygen atoms in total. The van der Waals surface area contributed by atoms with Crippen LogP contribution in [0, 0.1) is 0 Å². The van der Waals surface area contributed by atoms with Crippen LogP contribution in [0.15, 0.2) is 170 Å². The first kappa shape index (κ1) is 32.1. The standard InChI is InChI=1S/C48H37N5Si/c1-54(2,3)37-26-24-36(25-27-37)52-42-20-12-10-18-38(42)40-28-22-34(30-44(40)52)35-23-29-41-39-19-11-13-21-43(39)53(45(41)31-35)48-50-46(32-14-6-4-7-15-32)49-47(51-48)33-16-8-5-9-17-33/h4-31H,1-3H3. The minimum absolute atomic E-state index is 0.586. The summed E-state index contributed by atoms with van der Waals surface area (Å²) in [5.41, 5.74) is 9.82. The summed E-state index contributed by atoms with van der Waals surface area (Å²) >= 11 is 0. The van der Waals surface area contributed by atoms with Crippen LogP contribution in [-0.4, -0.2) is 32.2 Å². The normalized spacial score (nSPS) is 12.0. The van der Waals surface area contributed by atoms with Gasteiger partial charge in [0.25, 0.3) is 0 Å². The lowest BCUT2D eigenvalue weighted by Crippen LogP contribution is -2.37. The Bertz CT molecular complexity index is 2950. The first-order chi connectivity index (χ1) is 26.4. The van der Waals surface area contributed by atoms with Crippen molar-refractivity contribution in [1.82, 2.24) is 24.1 Å². The van der Waals surface area contributed by atoms with E-state index >= 15 is 0 Å². The number of para-hydroxylation sites is 2. The molecular formula is C48H37N5Si. The van der Waals surface area contributed by atoms with E-state index in [1.54, 1.807) is 0 Å². The maximum atomic E-state index is 5.15. The fourth-order valence-corrected chi connectivity index (χ4v) is 8.97. The second kappa shape index (κ2) is 12.5. The quantitative estimate of drug-likeness (QED) is 0.161. The van der Waals surface area contributed by atoms with Crippen molar-refractivity contribution in [2.75, 3.05) is 0 Å². The Labute approximate surface area is 314 Å². The third-order valence-corrected chi connectivity index (χ3v) is 12.6. The van der Waals surface area contributed by atoms with Gasteiger partial charge in [0.15, 0.2) is 11.6 Å². The van der Waals surface area contributed by atoms with Gasteiger partial charge in [-0.15, -0.1) is 0 Å². The van der Waals surface area contributed by atoms with Gasteiger partial charge in [0.1, 0.15) is 0 Å². The molecule has 0 bridgehead atoms. The van der Waals surface area contributed by atoms with Gasteiger partial charge in [-0.2, -0.15) is 9.97 Å². The number of nitrogens with zero attached hydrogens (tertiary/aromatic N) is 5. The van der Waals surface area contributed by atoms with Crippen molar-refractivity contribution in [1.29, 1.82) is 0 Å². The van der Waals surface area contributed by atoms with Gasteiger partial charge >= 0.3 is 0 Å². The van der Waals surface area contributed by atoms with Gasteiger partial charge in [0.05, 0.1) is 30.1 Å². The minimum Gasteiger partial charge on any atom is -0.309 e. The highest BCUT2D eigenvalue weighted by Gasteiger charge is 2.20. The van der Waals surface area contributed by atoms with Crippen molar-refractivity contribution in [2.45, 2.75) is 19.6 Å². The molecule has 0 aliphatic carbocycles. The first-order valence-corrected chi connectivity index (χ1v) is 22.0. The summed E-state index contributed by atoms with van der Waals surface area (Å²) in [6.45, 7) is 7.20. The van der Waals surface area contributed by atoms with Crippen molar-refractivity contribution >= 4 is 56.9 Å². The van der Waals surface area contributed by atoms with Crippen LogP contribution in [0.2, 0.25) is 19.6 Å². The Balaban J connectivity index is 1.19. The molecule has 0 aliphatic rings. The predicted molar refractivity (Wildman–Crippen MR) is 228 cm³/mol. The number of aromatic nitrogens is 5. The monoisotopic (exact) mass is 711 g/mol. The van der Waals surface area contributed by atoms with Crippen LogP contribution in [0.4, 0.5) is 0 Å². The van der Waals surface area contributed by atoms with E-state index in [4.69, 9.17) is 15.0 Å². The molecule has 0 N–H and O–H groups in total. The van der Waals surface area contributed by atoms with Gasteiger partial charge in [0, 0.05) is 38.4 Å². The second-order valence-corrected chi connectivity index (χ2v) is 20.1. The number of benzene rings is 7. The van der Waals surface area contributed by atoms with Gasteiger partial charge in [-0.25, -0.2) is 4.98 Å². The zero-order valence-corrected chi connectivity index (χ0v) is 31.4. The van der Waals surface area contributed by atoms with Gasteiger partial charge in [-0.05, 0) is 47.5 Å². The molecule has 3 heterocycles. The molecular weight excluding hydrogens is 675 g/mol. The van der Waals surface area contributed by atoms with Crippen LogP contribution < -0.4 is 5.19 Å². The van der Waals surface area contributed by atoms with Gasteiger partial charge in [0.2, 0.25) is 5.95 Å². The summed E-state index contributed by atoms with van der Waals surface area (Å²) in [5.74, 6) is 1.86. The fourth-order valence-electron chi connectivity index (χ4n) is 7.80. The molecule has 3 aromatic heterocycles.